The van der Waals surface area contributed by atoms with Crippen molar-refractivity contribution in [2.24, 2.45) is 0 Å². The lowest BCUT2D eigenvalue weighted by atomic mass is 9.84. The van der Waals surface area contributed by atoms with Crippen molar-refractivity contribution in [1.29, 1.82) is 5.41 Å². The van der Waals surface area contributed by atoms with Crippen molar-refractivity contribution < 1.29 is 33.2 Å². The molecule has 2 N–H and O–H groups in total. The summed E-state index contributed by atoms with van der Waals surface area (Å²) >= 11 is 0. The SMILES string of the molecule is CCOc1cc2c(c(F)c1OCC)C(=N)N(CC(=O)c1cc(N3CC(O)[C@@H](OC)C3)c(OC)c(C(C)(C)C)c1)C2. The zero-order chi connectivity index (χ0) is 29.4. The third kappa shape index (κ3) is 5.47. The van der Waals surface area contributed by atoms with Crippen molar-refractivity contribution in [3.05, 3.63) is 46.3 Å². The molecular weight excluding hydrogens is 517 g/mol. The van der Waals surface area contributed by atoms with Crippen molar-refractivity contribution >= 4 is 17.3 Å². The third-order valence-electron chi connectivity index (χ3n) is 7.39. The van der Waals surface area contributed by atoms with Crippen LogP contribution < -0.4 is 19.1 Å². The third-order valence-corrected chi connectivity index (χ3v) is 7.39. The number of β-amino-alcohol motifs (C(OH)–C–C–N with tert-alkyl or cyclic N) is 1. The Morgan fingerprint density at radius 1 is 1.10 bits per heavy atom. The lowest BCUT2D eigenvalue weighted by molar-refractivity contribution is 0.0217. The summed E-state index contributed by atoms with van der Waals surface area (Å²) in [5.41, 5.74) is 2.35. The van der Waals surface area contributed by atoms with Gasteiger partial charge >= 0.3 is 0 Å². The number of nitrogens with one attached hydrogen (secondary N) is 1. The van der Waals surface area contributed by atoms with Gasteiger partial charge in [0.25, 0.3) is 0 Å². The van der Waals surface area contributed by atoms with Crippen LogP contribution in [0.1, 0.15) is 61.7 Å². The summed E-state index contributed by atoms with van der Waals surface area (Å²) in [6.45, 7) is 11.2. The highest BCUT2D eigenvalue weighted by atomic mass is 19.1. The number of carbonyl (C=O) groups excluding carboxylic acids is 1. The molecule has 1 unspecified atom stereocenters. The normalized spacial score (nSPS) is 18.8. The molecule has 2 aromatic carbocycles. The number of Topliss-reactive ketones (excluding diaryl/α,β-unsaturated/α-hetero) is 1. The van der Waals surface area contributed by atoms with E-state index < -0.39 is 11.9 Å². The molecule has 4 rings (SSSR count). The van der Waals surface area contributed by atoms with E-state index >= 15 is 4.39 Å². The monoisotopic (exact) mass is 557 g/mol. The molecule has 0 aromatic heterocycles. The maximum Gasteiger partial charge on any atom is 0.197 e. The second kappa shape index (κ2) is 11.6. The topological polar surface area (TPSA) is 105 Å². The van der Waals surface area contributed by atoms with Crippen LogP contribution in [0.5, 0.6) is 17.2 Å². The van der Waals surface area contributed by atoms with Crippen LogP contribution in [0.15, 0.2) is 18.2 Å². The van der Waals surface area contributed by atoms with Gasteiger partial charge < -0.3 is 33.9 Å². The molecule has 1 saturated heterocycles. The average Bonchev–Trinajstić information content (AvgIpc) is 3.43. The fourth-order valence-electron chi connectivity index (χ4n) is 5.39. The number of hydrogen-bond donors (Lipinski definition) is 2. The Balaban J connectivity index is 1.68. The maximum absolute atomic E-state index is 15.5. The van der Waals surface area contributed by atoms with Gasteiger partial charge in [0.2, 0.25) is 0 Å². The number of nitrogens with zero attached hydrogens (tertiary/aromatic N) is 2. The number of hydrogen-bond acceptors (Lipinski definition) is 8. The predicted molar refractivity (Wildman–Crippen MR) is 151 cm³/mol. The number of fused-ring (bicyclic) bond motifs is 1. The van der Waals surface area contributed by atoms with E-state index in [2.05, 4.69) is 0 Å². The van der Waals surface area contributed by atoms with Crippen LogP contribution in [0, 0.1) is 11.2 Å². The Kier molecular flexibility index (Phi) is 8.60. The Bertz CT molecular complexity index is 1290. The molecule has 2 atom stereocenters. The highest BCUT2D eigenvalue weighted by Gasteiger charge is 2.36. The van der Waals surface area contributed by atoms with E-state index in [-0.39, 0.29) is 54.1 Å². The van der Waals surface area contributed by atoms with E-state index in [1.807, 2.05) is 31.7 Å². The molecule has 218 valence electrons. The van der Waals surface area contributed by atoms with Crippen LogP contribution in [0.2, 0.25) is 0 Å². The number of aliphatic hydroxyl groups excluding tert-OH is 1. The number of aliphatic hydroxyl groups is 1. The van der Waals surface area contributed by atoms with Gasteiger partial charge in [0.1, 0.15) is 17.7 Å². The average molecular weight is 558 g/mol. The van der Waals surface area contributed by atoms with Gasteiger partial charge in [0, 0.05) is 37.9 Å². The molecule has 0 bridgehead atoms. The summed E-state index contributed by atoms with van der Waals surface area (Å²) in [7, 11) is 3.16. The first kappa shape index (κ1) is 29.6. The quantitative estimate of drug-likeness (QED) is 0.420. The highest BCUT2D eigenvalue weighted by molar-refractivity contribution is 6.06. The van der Waals surface area contributed by atoms with Crippen molar-refractivity contribution in [2.75, 3.05) is 52.0 Å². The zero-order valence-electron chi connectivity index (χ0n) is 24.4. The summed E-state index contributed by atoms with van der Waals surface area (Å²) in [5.74, 6) is -0.0186. The summed E-state index contributed by atoms with van der Waals surface area (Å²) < 4.78 is 37.9. The van der Waals surface area contributed by atoms with Gasteiger partial charge in [-0.3, -0.25) is 10.2 Å². The number of ether oxygens (including phenoxy) is 4. The molecule has 40 heavy (non-hydrogen) atoms. The molecule has 9 nitrogen and oxygen atoms in total. The Morgan fingerprint density at radius 2 is 1.80 bits per heavy atom. The van der Waals surface area contributed by atoms with E-state index in [4.69, 9.17) is 24.4 Å². The first-order valence-electron chi connectivity index (χ1n) is 13.6. The predicted octanol–water partition coefficient (Wildman–Crippen LogP) is 4.15. The van der Waals surface area contributed by atoms with E-state index in [0.29, 0.717) is 48.0 Å². The maximum atomic E-state index is 15.5. The number of ketones is 1. The van der Waals surface area contributed by atoms with Crippen LogP contribution >= 0.6 is 0 Å². The van der Waals surface area contributed by atoms with Crippen LogP contribution in [0.4, 0.5) is 10.1 Å². The van der Waals surface area contributed by atoms with Gasteiger partial charge in [0.15, 0.2) is 23.1 Å². The van der Waals surface area contributed by atoms with Gasteiger partial charge in [-0.2, -0.15) is 0 Å². The lowest BCUT2D eigenvalue weighted by Gasteiger charge is -2.29. The second-order valence-corrected chi connectivity index (χ2v) is 11.1. The zero-order valence-corrected chi connectivity index (χ0v) is 24.4. The number of anilines is 1. The molecule has 2 aromatic rings. The molecule has 0 spiro atoms. The lowest BCUT2D eigenvalue weighted by Crippen LogP contribution is -2.31. The van der Waals surface area contributed by atoms with Gasteiger partial charge in [-0.25, -0.2) is 4.39 Å². The van der Waals surface area contributed by atoms with Crippen LogP contribution in [0.3, 0.4) is 0 Å². The first-order valence-corrected chi connectivity index (χ1v) is 13.6. The minimum atomic E-state index is -0.672. The fourth-order valence-corrected chi connectivity index (χ4v) is 5.39. The number of benzene rings is 2. The fraction of sp³-hybridized carbons (Fsp3) is 0.533. The Labute approximate surface area is 235 Å². The number of methoxy groups -OCH3 is 2. The first-order chi connectivity index (χ1) is 18.9. The highest BCUT2D eigenvalue weighted by Crippen LogP contribution is 2.42. The van der Waals surface area contributed by atoms with Gasteiger partial charge in [-0.15, -0.1) is 0 Å². The van der Waals surface area contributed by atoms with Crippen molar-refractivity contribution in [1.82, 2.24) is 4.90 Å². The van der Waals surface area contributed by atoms with Crippen LogP contribution in [-0.4, -0.2) is 80.9 Å². The van der Waals surface area contributed by atoms with Crippen molar-refractivity contribution in [2.45, 2.75) is 58.8 Å². The largest absolute Gasteiger partial charge is 0.494 e. The number of amidine groups is 1. The molecule has 2 aliphatic rings. The minimum Gasteiger partial charge on any atom is -0.494 e. The summed E-state index contributed by atoms with van der Waals surface area (Å²) in [5, 5.41) is 19.2. The van der Waals surface area contributed by atoms with Crippen molar-refractivity contribution in [3.63, 3.8) is 0 Å². The van der Waals surface area contributed by atoms with Crippen molar-refractivity contribution in [3.8, 4) is 17.2 Å². The molecule has 0 radical (unpaired) electrons. The molecule has 0 saturated carbocycles. The van der Waals surface area contributed by atoms with E-state index in [1.54, 1.807) is 45.1 Å². The molecule has 2 heterocycles. The molecule has 10 heteroatoms. The summed E-state index contributed by atoms with van der Waals surface area (Å²) in [6.07, 6.45) is -1.03. The second-order valence-electron chi connectivity index (χ2n) is 11.1. The smallest absolute Gasteiger partial charge is 0.197 e. The molecule has 0 aliphatic carbocycles. The minimum absolute atomic E-state index is 0.0159. The Morgan fingerprint density at radius 3 is 2.38 bits per heavy atom. The molecule has 2 aliphatic heterocycles. The van der Waals surface area contributed by atoms with Gasteiger partial charge in [-0.05, 0) is 43.0 Å². The van der Waals surface area contributed by atoms with Crippen LogP contribution in [0.25, 0.3) is 0 Å². The number of halogens is 1. The van der Waals surface area contributed by atoms with Crippen LogP contribution in [-0.2, 0) is 16.7 Å². The molecule has 1 fully saturated rings. The van der Waals surface area contributed by atoms with E-state index in [9.17, 15) is 9.90 Å². The number of carbonyl (C=O) groups is 1. The summed E-state index contributed by atoms with van der Waals surface area (Å²) in [6, 6.07) is 5.30. The van der Waals surface area contributed by atoms with Gasteiger partial charge in [0.05, 0.1) is 44.2 Å². The van der Waals surface area contributed by atoms with Gasteiger partial charge in [-0.1, -0.05) is 20.8 Å². The Hall–Kier alpha value is -3.37. The summed E-state index contributed by atoms with van der Waals surface area (Å²) in [4.78, 5) is 17.3. The number of rotatable bonds is 10. The standard InChI is InChI=1S/C30H40FN3O6/c1-8-39-23-12-18-13-34(29(32)25(18)26(31)28(23)40-9-2)14-21(35)17-10-19(30(3,4)5)27(38-7)20(11-17)33-15-22(36)24(16-33)37-6/h10-12,22,24,32,36H,8-9,13-16H2,1-7H3/t22?,24-/m0/s1. The van der Waals surface area contributed by atoms with E-state index in [0.717, 1.165) is 5.56 Å². The molecule has 0 amide bonds. The molecular formula is C30H40FN3O6. The van der Waals surface area contributed by atoms with E-state index in [1.165, 1.54) is 0 Å².